The van der Waals surface area contributed by atoms with Crippen LogP contribution in [0.1, 0.15) is 52.0 Å². The van der Waals surface area contributed by atoms with Gasteiger partial charge in [-0.2, -0.15) is 0 Å². The van der Waals surface area contributed by atoms with Crippen LogP contribution < -0.4 is 5.32 Å². The zero-order valence-electron chi connectivity index (χ0n) is 15.2. The fraction of sp³-hybridized carbons (Fsp3) is 0.650. The Bertz CT molecular complexity index is 557. The maximum Gasteiger partial charge on any atom is 0.410 e. The molecule has 1 heterocycles. The highest BCUT2D eigenvalue weighted by molar-refractivity contribution is 5.68. The van der Waals surface area contributed by atoms with E-state index in [9.17, 15) is 4.79 Å². The second-order valence-corrected chi connectivity index (χ2v) is 8.29. The maximum atomic E-state index is 12.2. The molecule has 132 valence electrons. The van der Waals surface area contributed by atoms with Crippen molar-refractivity contribution in [2.75, 3.05) is 13.1 Å². The number of carbonyl (C=O) groups excluding carboxylic acids is 1. The van der Waals surface area contributed by atoms with Crippen LogP contribution in [0.4, 0.5) is 4.79 Å². The molecule has 1 amide bonds. The summed E-state index contributed by atoms with van der Waals surface area (Å²) < 4.78 is 5.50. The summed E-state index contributed by atoms with van der Waals surface area (Å²) in [6.07, 6.45) is 4.53. The normalized spacial score (nSPS) is 23.0. The van der Waals surface area contributed by atoms with E-state index in [0.717, 1.165) is 32.5 Å². The predicted octanol–water partition coefficient (Wildman–Crippen LogP) is 3.96. The van der Waals surface area contributed by atoms with Gasteiger partial charge in [-0.1, -0.05) is 30.3 Å². The first kappa shape index (κ1) is 17.3. The van der Waals surface area contributed by atoms with Gasteiger partial charge in [0.15, 0.2) is 0 Å². The fourth-order valence-electron chi connectivity index (χ4n) is 3.91. The van der Waals surface area contributed by atoms with Gasteiger partial charge in [0.05, 0.1) is 0 Å². The molecule has 1 aromatic carbocycles. The predicted molar refractivity (Wildman–Crippen MR) is 95.8 cm³/mol. The van der Waals surface area contributed by atoms with Crippen molar-refractivity contribution in [1.29, 1.82) is 0 Å². The molecule has 4 heteroatoms. The van der Waals surface area contributed by atoms with E-state index >= 15 is 0 Å². The van der Waals surface area contributed by atoms with Crippen LogP contribution in [0.2, 0.25) is 0 Å². The molecule has 1 unspecified atom stereocenters. The second kappa shape index (κ2) is 6.75. The summed E-state index contributed by atoms with van der Waals surface area (Å²) in [5.41, 5.74) is 1.31. The minimum Gasteiger partial charge on any atom is -0.444 e. The van der Waals surface area contributed by atoms with Crippen molar-refractivity contribution < 1.29 is 9.53 Å². The zero-order chi connectivity index (χ0) is 17.2. The smallest absolute Gasteiger partial charge is 0.410 e. The number of piperidine rings is 1. The number of benzene rings is 1. The lowest BCUT2D eigenvalue weighted by Gasteiger charge is -2.54. The maximum absolute atomic E-state index is 12.2. The molecule has 1 aliphatic heterocycles. The topological polar surface area (TPSA) is 41.6 Å². The summed E-state index contributed by atoms with van der Waals surface area (Å²) in [7, 11) is 0. The van der Waals surface area contributed by atoms with E-state index in [0.29, 0.717) is 11.5 Å². The van der Waals surface area contributed by atoms with Crippen molar-refractivity contribution in [1.82, 2.24) is 10.2 Å². The molecule has 24 heavy (non-hydrogen) atoms. The highest BCUT2D eigenvalue weighted by atomic mass is 16.6. The fourth-order valence-corrected chi connectivity index (χ4v) is 3.91. The third kappa shape index (κ3) is 3.92. The lowest BCUT2D eigenvalue weighted by molar-refractivity contribution is -0.0240. The van der Waals surface area contributed by atoms with E-state index in [1.54, 1.807) is 0 Å². The van der Waals surface area contributed by atoms with Crippen LogP contribution in [0.15, 0.2) is 30.3 Å². The molecule has 1 spiro atoms. The molecule has 4 nitrogen and oxygen atoms in total. The first-order valence-electron chi connectivity index (χ1n) is 9.13. The van der Waals surface area contributed by atoms with Crippen LogP contribution in [0.3, 0.4) is 0 Å². The van der Waals surface area contributed by atoms with Gasteiger partial charge in [0.25, 0.3) is 0 Å². The van der Waals surface area contributed by atoms with Crippen molar-refractivity contribution >= 4 is 6.09 Å². The highest BCUT2D eigenvalue weighted by Crippen LogP contribution is 2.49. The molecule has 1 saturated carbocycles. The Labute approximate surface area is 145 Å². The van der Waals surface area contributed by atoms with Crippen molar-refractivity contribution in [3.63, 3.8) is 0 Å². The van der Waals surface area contributed by atoms with E-state index in [4.69, 9.17) is 4.74 Å². The summed E-state index contributed by atoms with van der Waals surface area (Å²) in [5, 5.41) is 3.74. The Hall–Kier alpha value is -1.55. The Kier molecular flexibility index (Phi) is 4.86. The van der Waals surface area contributed by atoms with E-state index in [1.807, 2.05) is 25.7 Å². The number of amides is 1. The molecule has 0 aromatic heterocycles. The molecular formula is C20H30N2O2. The van der Waals surface area contributed by atoms with Gasteiger partial charge in [0, 0.05) is 25.7 Å². The third-order valence-corrected chi connectivity index (χ3v) is 5.48. The Morgan fingerprint density at radius 3 is 2.42 bits per heavy atom. The van der Waals surface area contributed by atoms with Crippen molar-refractivity contribution in [2.45, 2.75) is 64.6 Å². The summed E-state index contributed by atoms with van der Waals surface area (Å²) in [6.45, 7) is 8.34. The molecule has 2 aliphatic rings. The quantitative estimate of drug-likeness (QED) is 0.912. The number of ether oxygens (including phenoxy) is 1. The summed E-state index contributed by atoms with van der Waals surface area (Å²) in [6, 6.07) is 11.2. The molecule has 2 fully saturated rings. The number of hydrogen-bond acceptors (Lipinski definition) is 3. The number of nitrogens with one attached hydrogen (secondary N) is 1. The molecule has 3 rings (SSSR count). The molecule has 1 aromatic rings. The second-order valence-electron chi connectivity index (χ2n) is 8.29. The summed E-state index contributed by atoms with van der Waals surface area (Å²) in [5.74, 6) is 0. The number of likely N-dealkylation sites (tertiary alicyclic amines) is 1. The number of nitrogens with zero attached hydrogens (tertiary/aromatic N) is 1. The molecule has 1 saturated heterocycles. The molecule has 1 N–H and O–H groups in total. The average molecular weight is 330 g/mol. The minimum absolute atomic E-state index is 0.162. The van der Waals surface area contributed by atoms with Crippen molar-refractivity contribution in [2.24, 2.45) is 5.41 Å². The standard InChI is InChI=1S/C20H30N2O2/c1-19(2,3)24-18(23)22-13-11-20(12-14-22)10-9-17(20)21-15-16-7-5-4-6-8-16/h4-8,17,21H,9-15H2,1-3H3. The lowest BCUT2D eigenvalue weighted by atomic mass is 9.59. The molecule has 1 atom stereocenters. The van der Waals surface area contributed by atoms with Gasteiger partial charge in [-0.05, 0) is 57.4 Å². The molecule has 0 bridgehead atoms. The zero-order valence-corrected chi connectivity index (χ0v) is 15.2. The van der Waals surface area contributed by atoms with E-state index < -0.39 is 5.60 Å². The van der Waals surface area contributed by atoms with Gasteiger partial charge in [-0.15, -0.1) is 0 Å². The van der Waals surface area contributed by atoms with E-state index in [-0.39, 0.29) is 6.09 Å². The van der Waals surface area contributed by atoms with Crippen LogP contribution >= 0.6 is 0 Å². The lowest BCUT2D eigenvalue weighted by Crippen LogP contribution is -2.58. The average Bonchev–Trinajstić information content (AvgIpc) is 2.53. The van der Waals surface area contributed by atoms with Gasteiger partial charge >= 0.3 is 6.09 Å². The van der Waals surface area contributed by atoms with Crippen LogP contribution in [0, 0.1) is 5.41 Å². The van der Waals surface area contributed by atoms with Crippen LogP contribution in [0.5, 0.6) is 0 Å². The first-order valence-corrected chi connectivity index (χ1v) is 9.13. The summed E-state index contributed by atoms with van der Waals surface area (Å²) >= 11 is 0. The van der Waals surface area contributed by atoms with Gasteiger partial charge in [0.2, 0.25) is 0 Å². The van der Waals surface area contributed by atoms with Crippen molar-refractivity contribution in [3.05, 3.63) is 35.9 Å². The van der Waals surface area contributed by atoms with Crippen LogP contribution in [-0.2, 0) is 11.3 Å². The molecule has 0 radical (unpaired) electrons. The highest BCUT2D eigenvalue weighted by Gasteiger charge is 2.48. The van der Waals surface area contributed by atoms with E-state index in [2.05, 4.69) is 35.6 Å². The van der Waals surface area contributed by atoms with Crippen molar-refractivity contribution in [3.8, 4) is 0 Å². The molecular weight excluding hydrogens is 300 g/mol. The Morgan fingerprint density at radius 2 is 1.88 bits per heavy atom. The first-order chi connectivity index (χ1) is 11.4. The number of rotatable bonds is 3. The van der Waals surface area contributed by atoms with Crippen LogP contribution in [-0.4, -0.2) is 35.7 Å². The van der Waals surface area contributed by atoms with Crippen LogP contribution in [0.25, 0.3) is 0 Å². The van der Waals surface area contributed by atoms with E-state index in [1.165, 1.54) is 18.4 Å². The Morgan fingerprint density at radius 1 is 1.21 bits per heavy atom. The largest absolute Gasteiger partial charge is 0.444 e. The monoisotopic (exact) mass is 330 g/mol. The minimum atomic E-state index is -0.414. The molecule has 1 aliphatic carbocycles. The summed E-state index contributed by atoms with van der Waals surface area (Å²) in [4.78, 5) is 14.1. The van der Waals surface area contributed by atoms with Gasteiger partial charge in [-0.3, -0.25) is 0 Å². The number of carbonyl (C=O) groups is 1. The van der Waals surface area contributed by atoms with Gasteiger partial charge in [0.1, 0.15) is 5.60 Å². The Balaban J connectivity index is 1.49. The number of hydrogen-bond donors (Lipinski definition) is 1. The third-order valence-electron chi connectivity index (χ3n) is 5.48. The van der Waals surface area contributed by atoms with Gasteiger partial charge in [-0.25, -0.2) is 4.79 Å². The SMILES string of the molecule is CC(C)(C)OC(=O)N1CCC2(CCC2NCc2ccccc2)CC1. The van der Waals surface area contributed by atoms with Gasteiger partial charge < -0.3 is 15.0 Å².